The Balaban J connectivity index is 3.29. The summed E-state index contributed by atoms with van der Waals surface area (Å²) < 4.78 is 37.2. The van der Waals surface area contributed by atoms with E-state index in [-0.39, 0.29) is 11.3 Å². The van der Waals surface area contributed by atoms with E-state index in [0.717, 1.165) is 18.2 Å². The monoisotopic (exact) mass is 258 g/mol. The molecule has 0 aliphatic heterocycles. The van der Waals surface area contributed by atoms with Crippen molar-refractivity contribution in [3.05, 3.63) is 56.1 Å². The number of hydrogen-bond donors (Lipinski definition) is 0. The van der Waals surface area contributed by atoms with Crippen LogP contribution in [0.2, 0.25) is 0 Å². The van der Waals surface area contributed by atoms with E-state index in [1.165, 1.54) is 0 Å². The van der Waals surface area contributed by atoms with E-state index in [1.807, 2.05) is 0 Å². The van der Waals surface area contributed by atoms with Gasteiger partial charge in [0.25, 0.3) is 0 Å². The van der Waals surface area contributed by atoms with Gasteiger partial charge in [-0.1, -0.05) is 11.2 Å². The highest BCUT2D eigenvalue weighted by atomic mass is 19.4. The molecule has 0 radical (unpaired) electrons. The third kappa shape index (κ3) is 3.49. The summed E-state index contributed by atoms with van der Waals surface area (Å²) in [6.45, 7) is 0. The van der Waals surface area contributed by atoms with Gasteiger partial charge in [-0.25, -0.2) is 0 Å². The van der Waals surface area contributed by atoms with Crippen LogP contribution >= 0.6 is 0 Å². The second-order valence-corrected chi connectivity index (χ2v) is 3.06. The van der Waals surface area contributed by atoms with E-state index >= 15 is 0 Å². The highest BCUT2D eigenvalue weighted by Gasteiger charge is 2.30. The number of halogens is 3. The standard InChI is InChI=1S/C9H5F3N4O2/c10-9(11,12)7-2-1-6(3-4-16(17)18)8(5-7)14-15-13/h1-5H/b4-3+. The molecule has 0 amide bonds. The highest BCUT2D eigenvalue weighted by molar-refractivity contribution is 5.64. The third-order valence-electron chi connectivity index (χ3n) is 1.89. The molecule has 1 aromatic rings. The van der Waals surface area contributed by atoms with Crippen molar-refractivity contribution in [3.63, 3.8) is 0 Å². The summed E-state index contributed by atoms with van der Waals surface area (Å²) in [7, 11) is 0. The molecule has 0 atom stereocenters. The predicted octanol–water partition coefficient (Wildman–Crippen LogP) is 3.89. The zero-order valence-electron chi connectivity index (χ0n) is 8.63. The minimum atomic E-state index is -4.58. The quantitative estimate of drug-likeness (QED) is 0.270. The van der Waals surface area contributed by atoms with Crippen molar-refractivity contribution in [2.45, 2.75) is 6.18 Å². The molecule has 1 aromatic carbocycles. The molecule has 0 saturated carbocycles. The third-order valence-corrected chi connectivity index (χ3v) is 1.89. The van der Waals surface area contributed by atoms with Crippen molar-refractivity contribution in [1.29, 1.82) is 0 Å². The van der Waals surface area contributed by atoms with Crippen LogP contribution in [0.4, 0.5) is 18.9 Å². The number of benzene rings is 1. The Morgan fingerprint density at radius 3 is 2.61 bits per heavy atom. The van der Waals surface area contributed by atoms with Crippen LogP contribution in [-0.2, 0) is 6.18 Å². The lowest BCUT2D eigenvalue weighted by molar-refractivity contribution is -0.400. The van der Waals surface area contributed by atoms with Crippen LogP contribution in [0.3, 0.4) is 0 Å². The Labute approximate surface area is 98.1 Å². The van der Waals surface area contributed by atoms with Gasteiger partial charge in [0.05, 0.1) is 10.5 Å². The van der Waals surface area contributed by atoms with Crippen LogP contribution < -0.4 is 0 Å². The minimum Gasteiger partial charge on any atom is -0.259 e. The molecule has 0 aliphatic carbocycles. The first-order valence-electron chi connectivity index (χ1n) is 4.42. The molecule has 0 unspecified atom stereocenters. The summed E-state index contributed by atoms with van der Waals surface area (Å²) in [6.07, 6.45) is -3.09. The van der Waals surface area contributed by atoms with Crippen molar-refractivity contribution in [2.75, 3.05) is 0 Å². The molecule has 0 aromatic heterocycles. The molecule has 0 N–H and O–H groups in total. The molecule has 0 fully saturated rings. The number of rotatable bonds is 3. The largest absolute Gasteiger partial charge is 0.416 e. The van der Waals surface area contributed by atoms with Gasteiger partial charge in [0.15, 0.2) is 0 Å². The minimum absolute atomic E-state index is 0.0255. The van der Waals surface area contributed by atoms with E-state index in [0.29, 0.717) is 12.3 Å². The summed E-state index contributed by atoms with van der Waals surface area (Å²) in [5, 5.41) is 13.2. The lowest BCUT2D eigenvalue weighted by Crippen LogP contribution is -2.04. The molecule has 0 spiro atoms. The summed E-state index contributed by atoms with van der Waals surface area (Å²) >= 11 is 0. The first-order valence-corrected chi connectivity index (χ1v) is 4.42. The van der Waals surface area contributed by atoms with E-state index in [4.69, 9.17) is 5.53 Å². The van der Waals surface area contributed by atoms with Crippen molar-refractivity contribution in [2.24, 2.45) is 5.11 Å². The maximum atomic E-state index is 12.4. The average molecular weight is 258 g/mol. The second kappa shape index (κ2) is 5.19. The average Bonchev–Trinajstić information content (AvgIpc) is 2.26. The Hall–Kier alpha value is -2.54. The van der Waals surface area contributed by atoms with Crippen LogP contribution in [0.5, 0.6) is 0 Å². The first-order chi connectivity index (χ1) is 8.34. The highest BCUT2D eigenvalue weighted by Crippen LogP contribution is 2.33. The number of alkyl halides is 3. The molecule has 94 valence electrons. The van der Waals surface area contributed by atoms with Crippen molar-refractivity contribution in [3.8, 4) is 0 Å². The Morgan fingerprint density at radius 1 is 1.44 bits per heavy atom. The summed E-state index contributed by atoms with van der Waals surface area (Å²) in [6, 6.07) is 2.36. The summed E-state index contributed by atoms with van der Waals surface area (Å²) in [5.41, 5.74) is 6.93. The molecule has 0 heterocycles. The first kappa shape index (κ1) is 13.5. The number of nitro groups is 1. The van der Waals surface area contributed by atoms with Crippen LogP contribution in [-0.4, -0.2) is 4.92 Å². The van der Waals surface area contributed by atoms with Gasteiger partial charge in [-0.3, -0.25) is 10.1 Å². The van der Waals surface area contributed by atoms with Gasteiger partial charge < -0.3 is 0 Å². The fraction of sp³-hybridized carbons (Fsp3) is 0.111. The van der Waals surface area contributed by atoms with E-state index in [2.05, 4.69) is 10.0 Å². The molecule has 1 rings (SSSR count). The number of azide groups is 1. The number of nitrogens with zero attached hydrogens (tertiary/aromatic N) is 4. The van der Waals surface area contributed by atoms with Gasteiger partial charge in [-0.15, -0.1) is 0 Å². The Bertz CT molecular complexity index is 547. The van der Waals surface area contributed by atoms with Gasteiger partial charge in [-0.2, -0.15) is 13.2 Å². The van der Waals surface area contributed by atoms with Gasteiger partial charge in [0, 0.05) is 16.7 Å². The molecule has 6 nitrogen and oxygen atoms in total. The molecule has 0 saturated heterocycles. The summed E-state index contributed by atoms with van der Waals surface area (Å²) in [5.74, 6) is 0. The van der Waals surface area contributed by atoms with Gasteiger partial charge in [0.1, 0.15) is 0 Å². The molecule has 0 bridgehead atoms. The fourth-order valence-electron chi connectivity index (χ4n) is 1.14. The normalized spacial score (nSPS) is 11.3. The van der Waals surface area contributed by atoms with Crippen molar-refractivity contribution < 1.29 is 18.1 Å². The maximum Gasteiger partial charge on any atom is 0.416 e. The molecule has 9 heteroatoms. The predicted molar refractivity (Wildman–Crippen MR) is 56.3 cm³/mol. The zero-order chi connectivity index (χ0) is 13.8. The topological polar surface area (TPSA) is 91.9 Å². The van der Waals surface area contributed by atoms with Crippen LogP contribution in [0.1, 0.15) is 11.1 Å². The van der Waals surface area contributed by atoms with Gasteiger partial charge in [-0.05, 0) is 23.2 Å². The zero-order valence-corrected chi connectivity index (χ0v) is 8.63. The van der Waals surface area contributed by atoms with Gasteiger partial charge >= 0.3 is 6.18 Å². The van der Waals surface area contributed by atoms with E-state index in [1.54, 1.807) is 0 Å². The summed E-state index contributed by atoms with van der Waals surface area (Å²) in [4.78, 5) is 11.7. The Kier molecular flexibility index (Phi) is 3.90. The maximum absolute atomic E-state index is 12.4. The fourth-order valence-corrected chi connectivity index (χ4v) is 1.14. The van der Waals surface area contributed by atoms with Crippen molar-refractivity contribution >= 4 is 11.8 Å². The molecule has 0 aliphatic rings. The van der Waals surface area contributed by atoms with Gasteiger partial charge in [0.2, 0.25) is 6.20 Å². The molecular weight excluding hydrogens is 253 g/mol. The molecule has 18 heavy (non-hydrogen) atoms. The Morgan fingerprint density at radius 2 is 2.11 bits per heavy atom. The van der Waals surface area contributed by atoms with Crippen LogP contribution in [0.15, 0.2) is 29.5 Å². The SMILES string of the molecule is [N-]=[N+]=Nc1cc(C(F)(F)F)ccc1/C=C/[N+](=O)[O-]. The number of hydrogen-bond acceptors (Lipinski definition) is 3. The van der Waals surface area contributed by atoms with E-state index < -0.39 is 16.7 Å². The lowest BCUT2D eigenvalue weighted by Gasteiger charge is -2.08. The van der Waals surface area contributed by atoms with Crippen LogP contribution in [0, 0.1) is 10.1 Å². The van der Waals surface area contributed by atoms with Crippen LogP contribution in [0.25, 0.3) is 16.5 Å². The smallest absolute Gasteiger partial charge is 0.259 e. The van der Waals surface area contributed by atoms with E-state index in [9.17, 15) is 23.3 Å². The molecular formula is C9H5F3N4O2. The van der Waals surface area contributed by atoms with Crippen molar-refractivity contribution in [1.82, 2.24) is 0 Å². The lowest BCUT2D eigenvalue weighted by atomic mass is 10.1. The second-order valence-electron chi connectivity index (χ2n) is 3.06.